The van der Waals surface area contributed by atoms with Gasteiger partial charge in [-0.05, 0) is 35.8 Å². The number of methoxy groups -OCH3 is 1. The Bertz CT molecular complexity index is 349. The van der Waals surface area contributed by atoms with Gasteiger partial charge < -0.3 is 15.4 Å². The molecule has 0 fully saturated rings. The van der Waals surface area contributed by atoms with Crippen molar-refractivity contribution < 1.29 is 4.74 Å². The smallest absolute Gasteiger partial charge is 0.170 e. The van der Waals surface area contributed by atoms with Crippen LogP contribution in [0.4, 0.5) is 5.69 Å². The number of hydrogen-bond acceptors (Lipinski definition) is 2. The molecule has 0 bridgehead atoms. The van der Waals surface area contributed by atoms with Crippen molar-refractivity contribution in [2.45, 2.75) is 19.8 Å². The van der Waals surface area contributed by atoms with E-state index < -0.39 is 0 Å². The molecule has 0 amide bonds. The lowest BCUT2D eigenvalue weighted by atomic mass is 10.0. The van der Waals surface area contributed by atoms with Crippen molar-refractivity contribution in [3.8, 4) is 0 Å². The minimum absolute atomic E-state index is 0.552. The van der Waals surface area contributed by atoms with Crippen LogP contribution in [0.25, 0.3) is 0 Å². The number of nitrogens with one attached hydrogen (secondary N) is 2. The Morgan fingerprint density at radius 2 is 1.94 bits per heavy atom. The lowest BCUT2D eigenvalue weighted by Crippen LogP contribution is -2.31. The van der Waals surface area contributed by atoms with Crippen molar-refractivity contribution in [1.29, 1.82) is 0 Å². The van der Waals surface area contributed by atoms with Crippen molar-refractivity contribution >= 4 is 23.0 Å². The fourth-order valence-corrected chi connectivity index (χ4v) is 1.61. The van der Waals surface area contributed by atoms with Crippen LogP contribution in [-0.4, -0.2) is 25.4 Å². The van der Waals surface area contributed by atoms with E-state index in [4.69, 9.17) is 17.0 Å². The monoisotopic (exact) mass is 252 g/mol. The third-order valence-electron chi connectivity index (χ3n) is 2.43. The molecule has 0 saturated carbocycles. The quantitative estimate of drug-likeness (QED) is 0.623. The first-order valence-electron chi connectivity index (χ1n) is 5.77. The van der Waals surface area contributed by atoms with Gasteiger partial charge in [0.25, 0.3) is 0 Å². The molecule has 0 unspecified atom stereocenters. The highest BCUT2D eigenvalue weighted by Gasteiger charge is 2.00. The van der Waals surface area contributed by atoms with Crippen molar-refractivity contribution in [3.05, 3.63) is 29.8 Å². The van der Waals surface area contributed by atoms with Crippen molar-refractivity contribution in [2.75, 3.05) is 25.6 Å². The van der Waals surface area contributed by atoms with Gasteiger partial charge in [-0.1, -0.05) is 26.0 Å². The van der Waals surface area contributed by atoms with Gasteiger partial charge in [0.1, 0.15) is 0 Å². The Morgan fingerprint density at radius 1 is 1.29 bits per heavy atom. The van der Waals surface area contributed by atoms with Crippen LogP contribution in [0.2, 0.25) is 0 Å². The molecule has 3 nitrogen and oxygen atoms in total. The summed E-state index contributed by atoms with van der Waals surface area (Å²) in [7, 11) is 1.67. The standard InChI is InChI=1S/C13H20N2OS/c1-10(2)11-4-6-12(7-5-11)15-13(17)14-8-9-16-3/h4-7,10H,8-9H2,1-3H3,(H2,14,15,17). The average Bonchev–Trinajstić information content (AvgIpc) is 2.30. The molecule has 17 heavy (non-hydrogen) atoms. The first-order chi connectivity index (χ1) is 8.13. The molecule has 4 heteroatoms. The zero-order chi connectivity index (χ0) is 12.7. The van der Waals surface area contributed by atoms with Gasteiger partial charge in [-0.3, -0.25) is 0 Å². The lowest BCUT2D eigenvalue weighted by molar-refractivity contribution is 0.204. The van der Waals surface area contributed by atoms with Gasteiger partial charge >= 0.3 is 0 Å². The molecule has 0 aliphatic heterocycles. The number of hydrogen-bond donors (Lipinski definition) is 2. The average molecular weight is 252 g/mol. The fourth-order valence-electron chi connectivity index (χ4n) is 1.39. The summed E-state index contributed by atoms with van der Waals surface area (Å²) in [6, 6.07) is 8.31. The number of rotatable bonds is 5. The Kier molecular flexibility index (Phi) is 5.94. The Labute approximate surface area is 109 Å². The van der Waals surface area contributed by atoms with E-state index in [-0.39, 0.29) is 0 Å². The van der Waals surface area contributed by atoms with Gasteiger partial charge in [-0.2, -0.15) is 0 Å². The van der Waals surface area contributed by atoms with Crippen molar-refractivity contribution in [3.63, 3.8) is 0 Å². The van der Waals surface area contributed by atoms with E-state index in [1.807, 2.05) is 12.1 Å². The third-order valence-corrected chi connectivity index (χ3v) is 2.67. The molecule has 1 aromatic rings. The highest BCUT2D eigenvalue weighted by molar-refractivity contribution is 7.80. The maximum atomic E-state index is 5.16. The molecule has 1 rings (SSSR count). The molecular formula is C13H20N2OS. The molecule has 0 aliphatic rings. The zero-order valence-corrected chi connectivity index (χ0v) is 11.4. The summed E-state index contributed by atoms with van der Waals surface area (Å²) in [5.41, 5.74) is 2.33. The van der Waals surface area contributed by atoms with E-state index in [9.17, 15) is 0 Å². The van der Waals surface area contributed by atoms with Gasteiger partial charge in [0.05, 0.1) is 6.61 Å². The Balaban J connectivity index is 2.43. The molecule has 2 N–H and O–H groups in total. The molecular weight excluding hydrogens is 232 g/mol. The van der Waals surface area contributed by atoms with Crippen LogP contribution in [-0.2, 0) is 4.74 Å². The summed E-state index contributed by atoms with van der Waals surface area (Å²) in [6.45, 7) is 5.72. The molecule has 94 valence electrons. The second-order valence-electron chi connectivity index (χ2n) is 4.15. The molecule has 0 radical (unpaired) electrons. The normalized spacial score (nSPS) is 10.4. The number of ether oxygens (including phenoxy) is 1. The van der Waals surface area contributed by atoms with Crippen molar-refractivity contribution in [1.82, 2.24) is 5.32 Å². The van der Waals surface area contributed by atoms with Gasteiger partial charge in [-0.15, -0.1) is 0 Å². The Morgan fingerprint density at radius 3 is 2.47 bits per heavy atom. The second-order valence-corrected chi connectivity index (χ2v) is 4.56. The van der Waals surface area contributed by atoms with Gasteiger partial charge in [0.15, 0.2) is 5.11 Å². The van der Waals surface area contributed by atoms with Crippen LogP contribution in [0.15, 0.2) is 24.3 Å². The Hall–Kier alpha value is -1.13. The number of thiocarbonyl (C=S) groups is 1. The van der Waals surface area contributed by atoms with E-state index in [1.54, 1.807) is 7.11 Å². The molecule has 0 aromatic heterocycles. The molecule has 1 aromatic carbocycles. The van der Waals surface area contributed by atoms with Crippen LogP contribution < -0.4 is 10.6 Å². The van der Waals surface area contributed by atoms with E-state index >= 15 is 0 Å². The predicted octanol–water partition coefficient (Wildman–Crippen LogP) is 2.74. The first kappa shape index (κ1) is 13.9. The summed E-state index contributed by atoms with van der Waals surface area (Å²) in [5.74, 6) is 0.552. The second kappa shape index (κ2) is 7.25. The van der Waals surface area contributed by atoms with Crippen LogP contribution in [0.3, 0.4) is 0 Å². The maximum Gasteiger partial charge on any atom is 0.170 e. The minimum Gasteiger partial charge on any atom is -0.383 e. The fraction of sp³-hybridized carbons (Fsp3) is 0.462. The third kappa shape index (κ3) is 5.15. The number of anilines is 1. The first-order valence-corrected chi connectivity index (χ1v) is 6.18. The van der Waals surface area contributed by atoms with E-state index in [0.717, 1.165) is 5.69 Å². The van der Waals surface area contributed by atoms with Crippen LogP contribution >= 0.6 is 12.2 Å². The predicted molar refractivity (Wildman–Crippen MR) is 76.6 cm³/mol. The van der Waals surface area contributed by atoms with Crippen molar-refractivity contribution in [2.24, 2.45) is 0 Å². The summed E-state index contributed by atoms with van der Waals surface area (Å²) < 4.78 is 4.93. The topological polar surface area (TPSA) is 33.3 Å². The van der Waals surface area contributed by atoms with Gasteiger partial charge in [0, 0.05) is 19.3 Å². The molecule has 0 atom stereocenters. The van der Waals surface area contributed by atoms with Gasteiger partial charge in [0.2, 0.25) is 0 Å². The highest BCUT2D eigenvalue weighted by Crippen LogP contribution is 2.16. The zero-order valence-electron chi connectivity index (χ0n) is 10.6. The number of benzene rings is 1. The summed E-state index contributed by atoms with van der Waals surface area (Å²) in [4.78, 5) is 0. The van der Waals surface area contributed by atoms with E-state index in [0.29, 0.717) is 24.2 Å². The molecule has 0 saturated heterocycles. The molecule has 0 aliphatic carbocycles. The minimum atomic E-state index is 0.552. The largest absolute Gasteiger partial charge is 0.383 e. The summed E-state index contributed by atoms with van der Waals surface area (Å²) in [6.07, 6.45) is 0. The van der Waals surface area contributed by atoms with Crippen LogP contribution in [0, 0.1) is 0 Å². The van der Waals surface area contributed by atoms with E-state index in [1.165, 1.54) is 5.56 Å². The maximum absolute atomic E-state index is 5.16. The highest BCUT2D eigenvalue weighted by atomic mass is 32.1. The van der Waals surface area contributed by atoms with E-state index in [2.05, 4.69) is 36.6 Å². The van der Waals surface area contributed by atoms with Gasteiger partial charge in [-0.25, -0.2) is 0 Å². The summed E-state index contributed by atoms with van der Waals surface area (Å²) >= 11 is 5.16. The molecule has 0 spiro atoms. The van der Waals surface area contributed by atoms with Crippen LogP contribution in [0.1, 0.15) is 25.3 Å². The summed E-state index contributed by atoms with van der Waals surface area (Å²) in [5, 5.41) is 6.82. The SMILES string of the molecule is COCCNC(=S)Nc1ccc(C(C)C)cc1. The van der Waals surface area contributed by atoms with Crippen LogP contribution in [0.5, 0.6) is 0 Å². The molecule has 0 heterocycles. The lowest BCUT2D eigenvalue weighted by Gasteiger charge is -2.11.